The summed E-state index contributed by atoms with van der Waals surface area (Å²) in [6.45, 7) is 0. The Hall–Kier alpha value is -1.68. The van der Waals surface area contributed by atoms with Crippen LogP contribution in [0, 0.1) is 17.8 Å². The minimum absolute atomic E-state index is 0.00834. The van der Waals surface area contributed by atoms with E-state index in [-0.39, 0.29) is 41.4 Å². The van der Waals surface area contributed by atoms with E-state index >= 15 is 0 Å². The summed E-state index contributed by atoms with van der Waals surface area (Å²) in [5, 5.41) is 0. The third-order valence-electron chi connectivity index (χ3n) is 7.96. The number of rotatable bonds is 5. The van der Waals surface area contributed by atoms with Gasteiger partial charge >= 0.3 is 0 Å². The van der Waals surface area contributed by atoms with Crippen molar-refractivity contribution < 1.29 is 14.4 Å². The number of halogens is 1. The molecule has 0 spiro atoms. The number of ketones is 1. The van der Waals surface area contributed by atoms with Gasteiger partial charge in [0.2, 0.25) is 11.8 Å². The number of Topliss-reactive ketones (excluding diaryl/α,β-unsaturated/α-hetero) is 1. The molecule has 1 heterocycles. The molecule has 3 fully saturated rings. The summed E-state index contributed by atoms with van der Waals surface area (Å²) in [5.41, 5.74) is 1.68. The lowest BCUT2D eigenvalue weighted by Crippen LogP contribution is -2.64. The van der Waals surface area contributed by atoms with Crippen LogP contribution in [0.4, 0.5) is 0 Å². The maximum Gasteiger partial charge on any atom is 0.234 e. The highest BCUT2D eigenvalue weighted by Gasteiger charge is 2.51. The molecule has 2 saturated carbocycles. The second kappa shape index (κ2) is 11.0. The molecule has 1 saturated heterocycles. The van der Waals surface area contributed by atoms with E-state index in [0.29, 0.717) is 17.9 Å². The van der Waals surface area contributed by atoms with Crippen LogP contribution in [0.25, 0.3) is 0 Å². The molecular formula is C27H36ClNO3. The molecule has 1 aromatic carbocycles. The van der Waals surface area contributed by atoms with Crippen molar-refractivity contribution in [3.8, 4) is 0 Å². The van der Waals surface area contributed by atoms with Crippen LogP contribution in [0.2, 0.25) is 0 Å². The average molecular weight is 458 g/mol. The van der Waals surface area contributed by atoms with Crippen LogP contribution in [0.5, 0.6) is 0 Å². The Kier molecular flexibility index (Phi) is 8.04. The Morgan fingerprint density at radius 3 is 2.16 bits per heavy atom. The molecule has 0 aromatic heterocycles. The SMILES string of the molecule is O=C(C[C@H]1CCCCCC[C@H]1C(=O)N1C(=O)[C@@H]2CCCCCC[C@@H]21)c1ccc(CCl)cc1. The van der Waals surface area contributed by atoms with Crippen LogP contribution in [-0.4, -0.2) is 28.5 Å². The summed E-state index contributed by atoms with van der Waals surface area (Å²) in [5.74, 6) is 0.432. The smallest absolute Gasteiger partial charge is 0.234 e. The van der Waals surface area contributed by atoms with Crippen molar-refractivity contribution in [2.24, 2.45) is 17.8 Å². The number of fused-ring (bicyclic) bond motifs is 1. The fourth-order valence-corrected chi connectivity index (χ4v) is 6.22. The molecule has 0 N–H and O–H groups in total. The monoisotopic (exact) mass is 457 g/mol. The minimum Gasteiger partial charge on any atom is -0.294 e. The molecule has 2 amide bonds. The first-order chi connectivity index (χ1) is 15.6. The fourth-order valence-electron chi connectivity index (χ4n) is 6.04. The van der Waals surface area contributed by atoms with Gasteiger partial charge in [0, 0.05) is 23.8 Å². The number of carbonyl (C=O) groups is 3. The van der Waals surface area contributed by atoms with E-state index in [1.54, 1.807) is 4.90 Å². The molecule has 1 aromatic rings. The summed E-state index contributed by atoms with van der Waals surface area (Å²) in [6.07, 6.45) is 12.9. The number of nitrogens with zero attached hydrogens (tertiary/aromatic N) is 1. The van der Waals surface area contributed by atoms with E-state index in [2.05, 4.69) is 0 Å². The van der Waals surface area contributed by atoms with Gasteiger partial charge in [0.1, 0.15) is 0 Å². The number of carbonyl (C=O) groups excluding carboxylic acids is 3. The second-order valence-corrected chi connectivity index (χ2v) is 10.3. The van der Waals surface area contributed by atoms with Gasteiger partial charge in [-0.2, -0.15) is 0 Å². The van der Waals surface area contributed by atoms with E-state index in [0.717, 1.165) is 69.8 Å². The molecule has 4 rings (SSSR count). The quantitative estimate of drug-likeness (QED) is 0.226. The Morgan fingerprint density at radius 1 is 0.844 bits per heavy atom. The van der Waals surface area contributed by atoms with Gasteiger partial charge in [-0.3, -0.25) is 19.3 Å². The lowest BCUT2D eigenvalue weighted by molar-refractivity contribution is -0.171. The highest BCUT2D eigenvalue weighted by atomic mass is 35.5. The van der Waals surface area contributed by atoms with Gasteiger partial charge in [0.25, 0.3) is 0 Å². The lowest BCUT2D eigenvalue weighted by atomic mass is 9.74. The average Bonchev–Trinajstić information content (AvgIpc) is 2.77. The summed E-state index contributed by atoms with van der Waals surface area (Å²) in [7, 11) is 0. The van der Waals surface area contributed by atoms with Crippen molar-refractivity contribution in [3.05, 3.63) is 35.4 Å². The van der Waals surface area contributed by atoms with Crippen molar-refractivity contribution >= 4 is 29.2 Å². The predicted octanol–water partition coefficient (Wildman–Crippen LogP) is 6.29. The van der Waals surface area contributed by atoms with E-state index in [1.807, 2.05) is 24.3 Å². The summed E-state index contributed by atoms with van der Waals surface area (Å²) in [4.78, 5) is 41.3. The van der Waals surface area contributed by atoms with Crippen molar-refractivity contribution in [2.45, 2.75) is 95.4 Å². The zero-order valence-corrected chi connectivity index (χ0v) is 19.8. The van der Waals surface area contributed by atoms with Crippen molar-refractivity contribution in [1.29, 1.82) is 0 Å². The number of amides is 2. The second-order valence-electron chi connectivity index (χ2n) is 10.0. The van der Waals surface area contributed by atoms with Gasteiger partial charge in [0.05, 0.1) is 12.0 Å². The summed E-state index contributed by atoms with van der Waals surface area (Å²) >= 11 is 5.88. The van der Waals surface area contributed by atoms with Crippen molar-refractivity contribution in [2.75, 3.05) is 0 Å². The van der Waals surface area contributed by atoms with E-state index < -0.39 is 0 Å². The maximum atomic E-state index is 13.7. The van der Waals surface area contributed by atoms with Crippen LogP contribution in [0.15, 0.2) is 24.3 Å². The van der Waals surface area contributed by atoms with Gasteiger partial charge in [-0.15, -0.1) is 11.6 Å². The van der Waals surface area contributed by atoms with Crippen LogP contribution >= 0.6 is 11.6 Å². The number of benzene rings is 1. The van der Waals surface area contributed by atoms with Gasteiger partial charge < -0.3 is 0 Å². The number of hydrogen-bond donors (Lipinski definition) is 0. The molecule has 4 atom stereocenters. The number of likely N-dealkylation sites (tertiary alicyclic amines) is 1. The topological polar surface area (TPSA) is 54.5 Å². The first kappa shape index (κ1) is 23.5. The summed E-state index contributed by atoms with van der Waals surface area (Å²) < 4.78 is 0. The zero-order chi connectivity index (χ0) is 22.5. The normalized spacial score (nSPS) is 29.0. The molecule has 3 aliphatic rings. The Balaban J connectivity index is 1.49. The molecule has 1 aliphatic heterocycles. The number of β-lactam (4-membered cyclic amide) rings is 1. The molecule has 174 valence electrons. The van der Waals surface area contributed by atoms with E-state index in [4.69, 9.17) is 11.6 Å². The van der Waals surface area contributed by atoms with Crippen LogP contribution in [0.1, 0.15) is 99.4 Å². The number of imide groups is 1. The molecule has 2 aliphatic carbocycles. The van der Waals surface area contributed by atoms with Crippen LogP contribution < -0.4 is 0 Å². The zero-order valence-electron chi connectivity index (χ0n) is 19.1. The van der Waals surface area contributed by atoms with Crippen molar-refractivity contribution in [1.82, 2.24) is 4.90 Å². The highest BCUT2D eigenvalue weighted by molar-refractivity contribution is 6.17. The van der Waals surface area contributed by atoms with Gasteiger partial charge in [-0.05, 0) is 37.2 Å². The first-order valence-electron chi connectivity index (χ1n) is 12.6. The highest BCUT2D eigenvalue weighted by Crippen LogP contribution is 2.40. The Bertz CT molecular complexity index is 821. The molecular weight excluding hydrogens is 422 g/mol. The third-order valence-corrected chi connectivity index (χ3v) is 8.27. The minimum atomic E-state index is -0.211. The van der Waals surface area contributed by atoms with Crippen LogP contribution in [-0.2, 0) is 15.5 Å². The lowest BCUT2D eigenvalue weighted by Gasteiger charge is -2.49. The summed E-state index contributed by atoms with van der Waals surface area (Å²) in [6, 6.07) is 7.58. The third kappa shape index (κ3) is 5.11. The standard InChI is InChI=1S/C27H36ClNO3/c28-18-19-13-15-20(16-14-19)25(30)17-21-9-5-1-2-6-10-22(21)26(31)29-24-12-8-4-3-7-11-23(24)27(29)32/h13-16,21-24H,1-12,17-18H2/t21-,22-,23-,24+/m1/s1. The van der Waals surface area contributed by atoms with Gasteiger partial charge in [-0.1, -0.05) is 75.6 Å². The Morgan fingerprint density at radius 2 is 1.47 bits per heavy atom. The predicted molar refractivity (Wildman–Crippen MR) is 126 cm³/mol. The Labute approximate surface area is 197 Å². The molecule has 5 heteroatoms. The molecule has 0 radical (unpaired) electrons. The van der Waals surface area contributed by atoms with Crippen molar-refractivity contribution in [3.63, 3.8) is 0 Å². The van der Waals surface area contributed by atoms with Gasteiger partial charge in [0.15, 0.2) is 5.78 Å². The fraction of sp³-hybridized carbons (Fsp3) is 0.667. The van der Waals surface area contributed by atoms with Gasteiger partial charge in [-0.25, -0.2) is 0 Å². The molecule has 0 bridgehead atoms. The first-order valence-corrected chi connectivity index (χ1v) is 13.2. The molecule has 4 nitrogen and oxygen atoms in total. The largest absolute Gasteiger partial charge is 0.294 e. The molecule has 32 heavy (non-hydrogen) atoms. The number of alkyl halides is 1. The van der Waals surface area contributed by atoms with E-state index in [9.17, 15) is 14.4 Å². The number of hydrogen-bond acceptors (Lipinski definition) is 3. The van der Waals surface area contributed by atoms with E-state index in [1.165, 1.54) is 12.8 Å². The van der Waals surface area contributed by atoms with Crippen LogP contribution in [0.3, 0.4) is 0 Å². The molecule has 0 unspecified atom stereocenters. The maximum absolute atomic E-state index is 13.7.